The van der Waals surface area contributed by atoms with E-state index in [1.165, 1.54) is 11.3 Å². The molecule has 0 bridgehead atoms. The molecule has 0 spiro atoms. The third kappa shape index (κ3) is 2.98. The summed E-state index contributed by atoms with van der Waals surface area (Å²) in [5, 5.41) is 5.24. The zero-order valence-corrected chi connectivity index (χ0v) is 9.17. The lowest BCUT2D eigenvalue weighted by Gasteiger charge is -2.13. The maximum Gasteiger partial charge on any atom is 0.240 e. The second-order valence-electron chi connectivity index (χ2n) is 3.67. The summed E-state index contributed by atoms with van der Waals surface area (Å²) in [5.74, 6) is -0.0148. The van der Waals surface area contributed by atoms with Crippen molar-refractivity contribution < 1.29 is 4.79 Å². The molecule has 0 saturated carbocycles. The molecule has 5 nitrogen and oxygen atoms in total. The Kier molecular flexibility index (Phi) is 3.30. The van der Waals surface area contributed by atoms with Crippen molar-refractivity contribution in [1.29, 1.82) is 0 Å². The number of nitrogens with two attached hydrogens (primary N) is 1. The predicted molar refractivity (Wildman–Crippen MR) is 59.8 cm³/mol. The smallest absolute Gasteiger partial charge is 0.240 e. The van der Waals surface area contributed by atoms with Crippen LogP contribution in [-0.4, -0.2) is 41.5 Å². The Balaban J connectivity index is 1.78. The molecule has 1 aromatic heterocycles. The highest BCUT2D eigenvalue weighted by Gasteiger charge is 2.21. The van der Waals surface area contributed by atoms with Crippen LogP contribution in [0.5, 0.6) is 0 Å². The number of hydrogen-bond acceptors (Lipinski definition) is 5. The molecule has 1 amide bonds. The Bertz CT molecular complexity index is 327. The van der Waals surface area contributed by atoms with Crippen molar-refractivity contribution in [3.63, 3.8) is 0 Å². The number of thiazole rings is 1. The summed E-state index contributed by atoms with van der Waals surface area (Å²) in [7, 11) is 0. The third-order valence-electron chi connectivity index (χ3n) is 2.35. The summed E-state index contributed by atoms with van der Waals surface area (Å²) in [5.41, 5.74) is 5.75. The lowest BCUT2D eigenvalue weighted by Crippen LogP contribution is -2.33. The van der Waals surface area contributed by atoms with Crippen LogP contribution in [0.2, 0.25) is 0 Å². The van der Waals surface area contributed by atoms with Crippen LogP contribution in [-0.2, 0) is 4.79 Å². The zero-order valence-electron chi connectivity index (χ0n) is 8.35. The Morgan fingerprint density at radius 2 is 2.67 bits per heavy atom. The van der Waals surface area contributed by atoms with E-state index in [0.29, 0.717) is 11.7 Å². The Morgan fingerprint density at radius 1 is 1.80 bits per heavy atom. The van der Waals surface area contributed by atoms with Crippen molar-refractivity contribution in [2.75, 3.05) is 25.0 Å². The highest BCUT2D eigenvalue weighted by molar-refractivity contribution is 7.13. The van der Waals surface area contributed by atoms with E-state index >= 15 is 0 Å². The van der Waals surface area contributed by atoms with Crippen LogP contribution in [0.25, 0.3) is 0 Å². The van der Waals surface area contributed by atoms with Gasteiger partial charge in [0.05, 0.1) is 6.54 Å². The van der Waals surface area contributed by atoms with Crippen LogP contribution in [0.4, 0.5) is 5.13 Å². The molecule has 1 saturated heterocycles. The van der Waals surface area contributed by atoms with Gasteiger partial charge in [-0.25, -0.2) is 4.98 Å². The molecule has 1 aliphatic rings. The minimum atomic E-state index is -0.0148. The number of rotatable bonds is 3. The van der Waals surface area contributed by atoms with Crippen LogP contribution in [0, 0.1) is 0 Å². The van der Waals surface area contributed by atoms with Gasteiger partial charge in [-0.15, -0.1) is 11.3 Å². The van der Waals surface area contributed by atoms with E-state index in [1.54, 1.807) is 6.20 Å². The van der Waals surface area contributed by atoms with Gasteiger partial charge in [-0.05, 0) is 6.42 Å². The summed E-state index contributed by atoms with van der Waals surface area (Å²) >= 11 is 1.42. The van der Waals surface area contributed by atoms with E-state index in [0.717, 1.165) is 19.5 Å². The van der Waals surface area contributed by atoms with E-state index in [2.05, 4.69) is 15.2 Å². The van der Waals surface area contributed by atoms with E-state index in [4.69, 9.17) is 5.73 Å². The number of carbonyl (C=O) groups excluding carboxylic acids is 1. The predicted octanol–water partition coefficient (Wildman–Crippen LogP) is 0.115. The molecule has 1 atom stereocenters. The van der Waals surface area contributed by atoms with Gasteiger partial charge in [0.2, 0.25) is 5.91 Å². The summed E-state index contributed by atoms with van der Waals surface area (Å²) in [6.45, 7) is 2.13. The molecule has 0 aliphatic carbocycles. The first-order valence-corrected chi connectivity index (χ1v) is 5.79. The summed E-state index contributed by atoms with van der Waals surface area (Å²) < 4.78 is 0. The number of nitrogens with one attached hydrogen (secondary N) is 1. The van der Waals surface area contributed by atoms with Gasteiger partial charge in [0, 0.05) is 30.7 Å². The van der Waals surface area contributed by atoms with Crippen LogP contribution >= 0.6 is 11.3 Å². The molecule has 1 aliphatic heterocycles. The van der Waals surface area contributed by atoms with Crippen molar-refractivity contribution in [3.8, 4) is 0 Å². The van der Waals surface area contributed by atoms with Gasteiger partial charge in [0.25, 0.3) is 0 Å². The quantitative estimate of drug-likeness (QED) is 0.767. The molecule has 6 heteroatoms. The van der Waals surface area contributed by atoms with Gasteiger partial charge in [-0.1, -0.05) is 0 Å². The van der Waals surface area contributed by atoms with Gasteiger partial charge < -0.3 is 11.1 Å². The van der Waals surface area contributed by atoms with Crippen LogP contribution < -0.4 is 11.1 Å². The number of nitrogens with zero attached hydrogens (tertiary/aromatic N) is 2. The lowest BCUT2D eigenvalue weighted by molar-refractivity contribution is -0.117. The fraction of sp³-hybridized carbons (Fsp3) is 0.556. The van der Waals surface area contributed by atoms with Crippen molar-refractivity contribution in [1.82, 2.24) is 9.88 Å². The summed E-state index contributed by atoms with van der Waals surface area (Å²) in [4.78, 5) is 17.6. The number of hydrogen-bond donors (Lipinski definition) is 2. The second-order valence-corrected chi connectivity index (χ2v) is 4.56. The molecule has 0 aromatic carbocycles. The van der Waals surface area contributed by atoms with Crippen molar-refractivity contribution in [2.24, 2.45) is 5.73 Å². The van der Waals surface area contributed by atoms with Gasteiger partial charge in [0.15, 0.2) is 5.13 Å². The molecular weight excluding hydrogens is 212 g/mol. The molecular formula is C9H14N4OS. The SMILES string of the molecule is N[C@H]1CCN(CC(=O)Nc2nccs2)C1. The molecule has 3 N–H and O–H groups in total. The molecule has 1 fully saturated rings. The number of anilines is 1. The molecule has 0 radical (unpaired) electrons. The minimum Gasteiger partial charge on any atom is -0.326 e. The number of amides is 1. The van der Waals surface area contributed by atoms with E-state index < -0.39 is 0 Å². The first-order chi connectivity index (χ1) is 7.24. The topological polar surface area (TPSA) is 71.2 Å². The molecule has 82 valence electrons. The summed E-state index contributed by atoms with van der Waals surface area (Å²) in [6, 6.07) is 0.220. The van der Waals surface area contributed by atoms with Crippen LogP contribution in [0.1, 0.15) is 6.42 Å². The Labute approximate surface area is 92.3 Å². The van der Waals surface area contributed by atoms with Crippen molar-refractivity contribution >= 4 is 22.4 Å². The maximum absolute atomic E-state index is 11.5. The molecule has 0 unspecified atom stereocenters. The molecule has 2 rings (SSSR count). The number of aromatic nitrogens is 1. The van der Waals surface area contributed by atoms with E-state index in [1.807, 2.05) is 5.38 Å². The maximum atomic E-state index is 11.5. The second kappa shape index (κ2) is 4.69. The minimum absolute atomic E-state index is 0.0148. The monoisotopic (exact) mass is 226 g/mol. The normalized spacial score (nSPS) is 21.8. The largest absolute Gasteiger partial charge is 0.326 e. The lowest BCUT2D eigenvalue weighted by atomic mass is 10.3. The number of likely N-dealkylation sites (tertiary alicyclic amines) is 1. The Morgan fingerprint density at radius 3 is 3.27 bits per heavy atom. The zero-order chi connectivity index (χ0) is 10.7. The molecule has 1 aromatic rings. The highest BCUT2D eigenvalue weighted by Crippen LogP contribution is 2.11. The fourth-order valence-corrected chi connectivity index (χ4v) is 2.20. The van der Waals surface area contributed by atoms with Crippen LogP contribution in [0.3, 0.4) is 0 Å². The van der Waals surface area contributed by atoms with Crippen LogP contribution in [0.15, 0.2) is 11.6 Å². The molecule has 2 heterocycles. The van der Waals surface area contributed by atoms with Gasteiger partial charge in [-0.3, -0.25) is 9.69 Å². The fourth-order valence-electron chi connectivity index (χ4n) is 1.65. The van der Waals surface area contributed by atoms with Gasteiger partial charge >= 0.3 is 0 Å². The van der Waals surface area contributed by atoms with E-state index in [-0.39, 0.29) is 11.9 Å². The van der Waals surface area contributed by atoms with Crippen molar-refractivity contribution in [2.45, 2.75) is 12.5 Å². The standard InChI is InChI=1S/C9H14N4OS/c10-7-1-3-13(5-7)6-8(14)12-9-11-2-4-15-9/h2,4,7H,1,3,5-6,10H2,(H,11,12,14)/t7-/m0/s1. The first-order valence-electron chi connectivity index (χ1n) is 4.91. The molecule has 15 heavy (non-hydrogen) atoms. The highest BCUT2D eigenvalue weighted by atomic mass is 32.1. The third-order valence-corrected chi connectivity index (χ3v) is 3.04. The van der Waals surface area contributed by atoms with Crippen molar-refractivity contribution in [3.05, 3.63) is 11.6 Å². The summed E-state index contributed by atoms with van der Waals surface area (Å²) in [6.07, 6.45) is 2.65. The first kappa shape index (κ1) is 10.5. The van der Waals surface area contributed by atoms with Gasteiger partial charge in [-0.2, -0.15) is 0 Å². The average molecular weight is 226 g/mol. The average Bonchev–Trinajstić information content (AvgIpc) is 2.77. The Hall–Kier alpha value is -0.980. The van der Waals surface area contributed by atoms with Gasteiger partial charge in [0.1, 0.15) is 0 Å². The van der Waals surface area contributed by atoms with E-state index in [9.17, 15) is 4.79 Å². The number of carbonyl (C=O) groups is 1.